The Morgan fingerprint density at radius 2 is 2.29 bits per heavy atom. The van der Waals surface area contributed by atoms with Crippen LogP contribution in [0.3, 0.4) is 0 Å². The monoisotopic (exact) mass is 284 g/mol. The number of amides is 1. The maximum atomic E-state index is 12.5. The van der Waals surface area contributed by atoms with Crippen molar-refractivity contribution in [2.75, 3.05) is 19.6 Å². The zero-order valence-corrected chi connectivity index (χ0v) is 12.3. The average Bonchev–Trinajstić information content (AvgIpc) is 3.02. The van der Waals surface area contributed by atoms with E-state index in [9.17, 15) is 4.79 Å². The second-order valence-corrected chi connectivity index (χ2v) is 6.45. The molecule has 21 heavy (non-hydrogen) atoms. The van der Waals surface area contributed by atoms with Crippen LogP contribution in [0.15, 0.2) is 28.9 Å². The minimum absolute atomic E-state index is 0.0324. The Morgan fingerprint density at radius 1 is 1.38 bits per heavy atom. The summed E-state index contributed by atoms with van der Waals surface area (Å²) in [7, 11) is 0. The summed E-state index contributed by atoms with van der Waals surface area (Å²) in [4.78, 5) is 14.9. The Morgan fingerprint density at radius 3 is 3.14 bits per heavy atom. The summed E-state index contributed by atoms with van der Waals surface area (Å²) in [5.74, 6) is 0.799. The van der Waals surface area contributed by atoms with Gasteiger partial charge in [0.15, 0.2) is 0 Å². The van der Waals surface area contributed by atoms with Gasteiger partial charge in [-0.1, -0.05) is 0 Å². The Bertz CT molecular complexity index is 679. The first-order chi connectivity index (χ1) is 10.2. The molecule has 2 aliphatic heterocycles. The van der Waals surface area contributed by atoms with E-state index in [1.54, 1.807) is 6.26 Å². The lowest BCUT2D eigenvalue weighted by molar-refractivity contribution is 0.0909. The molecule has 4 nitrogen and oxygen atoms in total. The van der Waals surface area contributed by atoms with Gasteiger partial charge >= 0.3 is 0 Å². The first-order valence-electron chi connectivity index (χ1n) is 7.70. The Balaban J connectivity index is 1.52. The molecule has 3 heterocycles. The highest BCUT2D eigenvalue weighted by atomic mass is 16.3. The number of furan rings is 1. The number of rotatable bonds is 2. The van der Waals surface area contributed by atoms with Crippen LogP contribution in [0, 0.1) is 12.8 Å². The lowest BCUT2D eigenvalue weighted by Crippen LogP contribution is -2.47. The lowest BCUT2D eigenvalue weighted by atomic mass is 9.96. The van der Waals surface area contributed by atoms with Crippen molar-refractivity contribution in [1.82, 2.24) is 10.2 Å². The van der Waals surface area contributed by atoms with Gasteiger partial charge in [-0.2, -0.15) is 0 Å². The third kappa shape index (κ3) is 2.33. The summed E-state index contributed by atoms with van der Waals surface area (Å²) in [5.41, 5.74) is 2.63. The number of carbonyl (C=O) groups excluding carboxylic acids is 1. The van der Waals surface area contributed by atoms with Crippen molar-refractivity contribution in [2.45, 2.75) is 25.8 Å². The third-order valence-corrected chi connectivity index (χ3v) is 4.83. The van der Waals surface area contributed by atoms with Crippen molar-refractivity contribution in [2.24, 2.45) is 5.92 Å². The van der Waals surface area contributed by atoms with Gasteiger partial charge in [-0.15, -0.1) is 0 Å². The van der Waals surface area contributed by atoms with Crippen LogP contribution in [0.25, 0.3) is 11.0 Å². The number of fused-ring (bicyclic) bond motifs is 3. The van der Waals surface area contributed by atoms with Crippen LogP contribution >= 0.6 is 0 Å². The highest BCUT2D eigenvalue weighted by Crippen LogP contribution is 2.27. The van der Waals surface area contributed by atoms with E-state index in [0.717, 1.165) is 41.0 Å². The summed E-state index contributed by atoms with van der Waals surface area (Å²) >= 11 is 0. The Kier molecular flexibility index (Phi) is 3.00. The van der Waals surface area contributed by atoms with Gasteiger partial charge in [-0.25, -0.2) is 0 Å². The van der Waals surface area contributed by atoms with Crippen LogP contribution in [-0.2, 0) is 0 Å². The van der Waals surface area contributed by atoms with Gasteiger partial charge in [-0.05, 0) is 56.0 Å². The highest BCUT2D eigenvalue weighted by Gasteiger charge is 2.32. The SMILES string of the molecule is Cc1coc2ccc(C(=O)N[C@@H]3C[C@H]4CCN(C4)C3)cc12. The number of benzene rings is 1. The number of hydrogen-bond donors (Lipinski definition) is 1. The molecule has 1 aromatic heterocycles. The van der Waals surface area contributed by atoms with E-state index in [1.165, 1.54) is 19.5 Å². The molecule has 1 aromatic carbocycles. The summed E-state index contributed by atoms with van der Waals surface area (Å²) in [6.45, 7) is 5.40. The van der Waals surface area contributed by atoms with Crippen molar-refractivity contribution in [3.8, 4) is 0 Å². The van der Waals surface area contributed by atoms with Crippen LogP contribution in [0.4, 0.5) is 0 Å². The minimum Gasteiger partial charge on any atom is -0.464 e. The predicted molar refractivity (Wildman–Crippen MR) is 81.4 cm³/mol. The van der Waals surface area contributed by atoms with Gasteiger partial charge in [0.1, 0.15) is 5.58 Å². The van der Waals surface area contributed by atoms with Crippen LogP contribution in [0.1, 0.15) is 28.8 Å². The first-order valence-corrected chi connectivity index (χ1v) is 7.70. The first kappa shape index (κ1) is 12.9. The van der Waals surface area contributed by atoms with Crippen LogP contribution in [0.5, 0.6) is 0 Å². The summed E-state index contributed by atoms with van der Waals surface area (Å²) in [6.07, 6.45) is 4.14. The van der Waals surface area contributed by atoms with Crippen molar-refractivity contribution >= 4 is 16.9 Å². The van der Waals surface area contributed by atoms with Gasteiger partial charge in [0.2, 0.25) is 0 Å². The number of nitrogens with zero attached hydrogens (tertiary/aromatic N) is 1. The second kappa shape index (κ2) is 4.88. The van der Waals surface area contributed by atoms with Gasteiger partial charge in [0.25, 0.3) is 5.91 Å². The quantitative estimate of drug-likeness (QED) is 0.922. The van der Waals surface area contributed by atoms with Gasteiger partial charge < -0.3 is 14.6 Å². The molecule has 4 heteroatoms. The van der Waals surface area contributed by atoms with E-state index in [2.05, 4.69) is 10.2 Å². The molecule has 2 aromatic rings. The molecule has 0 aliphatic carbocycles. The second-order valence-electron chi connectivity index (χ2n) is 6.45. The normalized spacial score (nSPS) is 28.0. The number of nitrogens with one attached hydrogen (secondary N) is 1. The molecular weight excluding hydrogens is 264 g/mol. The molecule has 1 N–H and O–H groups in total. The number of aryl methyl sites for hydroxylation is 1. The minimum atomic E-state index is 0.0324. The standard InChI is InChI=1S/C17H20N2O2/c1-11-10-21-16-3-2-13(7-15(11)16)17(20)18-14-6-12-4-5-19(8-12)9-14/h2-3,7,10,12,14H,4-6,8-9H2,1H3,(H,18,20)/t12-,14-/m1/s1. The van der Waals surface area contributed by atoms with Crippen molar-refractivity contribution in [3.63, 3.8) is 0 Å². The average molecular weight is 284 g/mol. The Labute approximate surface area is 124 Å². The van der Waals surface area contributed by atoms with Crippen molar-refractivity contribution in [1.29, 1.82) is 0 Å². The van der Waals surface area contributed by atoms with Gasteiger partial charge in [0, 0.05) is 30.1 Å². The largest absolute Gasteiger partial charge is 0.464 e. The Hall–Kier alpha value is -1.81. The molecule has 0 saturated carbocycles. The lowest BCUT2D eigenvalue weighted by Gasteiger charge is -2.30. The zero-order chi connectivity index (χ0) is 14.4. The highest BCUT2D eigenvalue weighted by molar-refractivity contribution is 5.98. The van der Waals surface area contributed by atoms with Crippen molar-refractivity contribution in [3.05, 3.63) is 35.6 Å². The molecule has 2 fully saturated rings. The number of carbonyl (C=O) groups is 1. The van der Waals surface area contributed by atoms with E-state index in [4.69, 9.17) is 4.42 Å². The van der Waals surface area contributed by atoms with Gasteiger partial charge in [0.05, 0.1) is 6.26 Å². The smallest absolute Gasteiger partial charge is 0.251 e. The number of piperidine rings is 1. The van der Waals surface area contributed by atoms with E-state index < -0.39 is 0 Å². The maximum absolute atomic E-state index is 12.5. The summed E-state index contributed by atoms with van der Waals surface area (Å²) in [5, 5.41) is 4.22. The molecular formula is C17H20N2O2. The molecule has 1 unspecified atom stereocenters. The van der Waals surface area contributed by atoms with Gasteiger partial charge in [-0.3, -0.25) is 4.79 Å². The molecule has 0 radical (unpaired) electrons. The molecule has 2 aliphatic rings. The van der Waals surface area contributed by atoms with Crippen LogP contribution in [0.2, 0.25) is 0 Å². The third-order valence-electron chi connectivity index (χ3n) is 4.83. The fourth-order valence-corrected chi connectivity index (χ4v) is 3.73. The number of hydrogen-bond acceptors (Lipinski definition) is 3. The molecule has 110 valence electrons. The molecule has 3 atom stereocenters. The van der Waals surface area contributed by atoms with E-state index >= 15 is 0 Å². The van der Waals surface area contributed by atoms with E-state index in [0.29, 0.717) is 6.04 Å². The molecule has 1 amide bonds. The van der Waals surface area contributed by atoms with Crippen molar-refractivity contribution < 1.29 is 9.21 Å². The molecule has 4 rings (SSSR count). The van der Waals surface area contributed by atoms with E-state index in [1.807, 2.05) is 25.1 Å². The van der Waals surface area contributed by atoms with Crippen LogP contribution in [-0.4, -0.2) is 36.5 Å². The molecule has 2 bridgehead atoms. The summed E-state index contributed by atoms with van der Waals surface area (Å²) in [6, 6.07) is 5.95. The molecule has 2 saturated heterocycles. The van der Waals surface area contributed by atoms with E-state index in [-0.39, 0.29) is 5.91 Å². The fourth-order valence-electron chi connectivity index (χ4n) is 3.73. The summed E-state index contributed by atoms with van der Waals surface area (Å²) < 4.78 is 5.43. The van der Waals surface area contributed by atoms with Crippen LogP contribution < -0.4 is 5.32 Å². The molecule has 0 spiro atoms. The topological polar surface area (TPSA) is 45.5 Å². The fraction of sp³-hybridized carbons (Fsp3) is 0.471. The zero-order valence-electron chi connectivity index (χ0n) is 12.3. The predicted octanol–water partition coefficient (Wildman–Crippen LogP) is 2.57. The maximum Gasteiger partial charge on any atom is 0.251 e.